The van der Waals surface area contributed by atoms with E-state index in [1.54, 1.807) is 12.1 Å². The highest BCUT2D eigenvalue weighted by Gasteiger charge is 2.08. The molecule has 0 fully saturated rings. The van der Waals surface area contributed by atoms with Crippen molar-refractivity contribution in [2.75, 3.05) is 0 Å². The van der Waals surface area contributed by atoms with E-state index in [9.17, 15) is 10.1 Å². The predicted molar refractivity (Wildman–Crippen MR) is 72.7 cm³/mol. The zero-order chi connectivity index (χ0) is 13.1. The van der Waals surface area contributed by atoms with Gasteiger partial charge < -0.3 is 4.57 Å². The van der Waals surface area contributed by atoms with Gasteiger partial charge in [0.25, 0.3) is 5.69 Å². The van der Waals surface area contributed by atoms with Gasteiger partial charge >= 0.3 is 0 Å². The first-order chi connectivity index (χ1) is 8.58. The summed E-state index contributed by atoms with van der Waals surface area (Å²) in [5.74, 6) is 0.716. The molecule has 0 saturated carbocycles. The van der Waals surface area contributed by atoms with Crippen LogP contribution in [0.15, 0.2) is 30.5 Å². The summed E-state index contributed by atoms with van der Waals surface area (Å²) in [6, 6.07) is 6.98. The molecule has 0 aliphatic rings. The normalized spacial score (nSPS) is 11.3. The third-order valence-electron chi connectivity index (χ3n) is 3.15. The van der Waals surface area contributed by atoms with Crippen molar-refractivity contribution in [2.24, 2.45) is 5.92 Å². The average molecular weight is 246 g/mol. The first kappa shape index (κ1) is 12.6. The number of rotatable bonds is 5. The Kier molecular flexibility index (Phi) is 3.65. The fraction of sp³-hybridized carbons (Fsp3) is 0.429. The van der Waals surface area contributed by atoms with Crippen molar-refractivity contribution in [3.05, 3.63) is 40.6 Å². The molecule has 18 heavy (non-hydrogen) atoms. The fourth-order valence-electron chi connectivity index (χ4n) is 2.17. The Morgan fingerprint density at radius 3 is 2.78 bits per heavy atom. The SMILES string of the molecule is CC(C)CCCn1ccc2cc([N+](=O)[O-])ccc21. The number of nitro benzene ring substituents is 1. The van der Waals surface area contributed by atoms with Crippen molar-refractivity contribution in [3.8, 4) is 0 Å². The Morgan fingerprint density at radius 2 is 2.11 bits per heavy atom. The van der Waals surface area contributed by atoms with Crippen molar-refractivity contribution in [1.82, 2.24) is 4.57 Å². The van der Waals surface area contributed by atoms with E-state index in [2.05, 4.69) is 18.4 Å². The lowest BCUT2D eigenvalue weighted by Crippen LogP contribution is -1.98. The number of fused-ring (bicyclic) bond motifs is 1. The highest BCUT2D eigenvalue weighted by Crippen LogP contribution is 2.22. The molecule has 0 N–H and O–H groups in total. The van der Waals surface area contributed by atoms with Gasteiger partial charge in [-0.25, -0.2) is 0 Å². The molecule has 0 amide bonds. The quantitative estimate of drug-likeness (QED) is 0.591. The largest absolute Gasteiger partial charge is 0.347 e. The Morgan fingerprint density at radius 1 is 1.33 bits per heavy atom. The molecule has 0 aliphatic heterocycles. The molecule has 0 atom stereocenters. The van der Waals surface area contributed by atoms with Crippen molar-refractivity contribution in [2.45, 2.75) is 33.2 Å². The molecule has 2 rings (SSSR count). The van der Waals surface area contributed by atoms with Gasteiger partial charge in [0.05, 0.1) is 4.92 Å². The first-order valence-electron chi connectivity index (χ1n) is 6.31. The summed E-state index contributed by atoms with van der Waals surface area (Å²) in [5.41, 5.74) is 1.23. The lowest BCUT2D eigenvalue weighted by Gasteiger charge is -2.07. The van der Waals surface area contributed by atoms with E-state index in [0.717, 1.165) is 23.9 Å². The van der Waals surface area contributed by atoms with Crippen LogP contribution >= 0.6 is 0 Å². The van der Waals surface area contributed by atoms with Crippen LogP contribution in [0.1, 0.15) is 26.7 Å². The van der Waals surface area contributed by atoms with E-state index in [0.29, 0.717) is 5.92 Å². The second kappa shape index (κ2) is 5.21. The molecule has 4 heteroatoms. The minimum atomic E-state index is -0.352. The predicted octanol–water partition coefficient (Wildman–Crippen LogP) is 3.99. The molecule has 2 aromatic rings. The minimum absolute atomic E-state index is 0.155. The second-order valence-electron chi connectivity index (χ2n) is 5.05. The standard InChI is InChI=1S/C14H18N2O2/c1-11(2)4-3-8-15-9-7-12-10-13(16(17)18)5-6-14(12)15/h5-7,9-11H,3-4,8H2,1-2H3. The Balaban J connectivity index is 2.18. The lowest BCUT2D eigenvalue weighted by atomic mass is 10.1. The number of aryl methyl sites for hydroxylation is 1. The van der Waals surface area contributed by atoms with E-state index in [4.69, 9.17) is 0 Å². The first-order valence-corrected chi connectivity index (χ1v) is 6.31. The maximum atomic E-state index is 10.7. The van der Waals surface area contributed by atoms with Crippen LogP contribution in [0.25, 0.3) is 10.9 Å². The number of nitro groups is 1. The third-order valence-corrected chi connectivity index (χ3v) is 3.15. The van der Waals surface area contributed by atoms with Crippen LogP contribution in [0.5, 0.6) is 0 Å². The van der Waals surface area contributed by atoms with Crippen LogP contribution in [0.3, 0.4) is 0 Å². The number of benzene rings is 1. The molecule has 0 bridgehead atoms. The van der Waals surface area contributed by atoms with Gasteiger partial charge in [-0.15, -0.1) is 0 Å². The van der Waals surface area contributed by atoms with E-state index < -0.39 is 0 Å². The third kappa shape index (κ3) is 2.70. The van der Waals surface area contributed by atoms with Gasteiger partial charge in [-0.2, -0.15) is 0 Å². The number of aromatic nitrogens is 1. The summed E-state index contributed by atoms with van der Waals surface area (Å²) < 4.78 is 2.17. The Labute approximate surface area is 106 Å². The molecule has 1 aromatic heterocycles. The van der Waals surface area contributed by atoms with Gasteiger partial charge in [-0.05, 0) is 30.9 Å². The lowest BCUT2D eigenvalue weighted by molar-refractivity contribution is -0.384. The average Bonchev–Trinajstić information content (AvgIpc) is 2.71. The van der Waals surface area contributed by atoms with E-state index in [1.165, 1.54) is 6.42 Å². The molecule has 0 aliphatic carbocycles. The topological polar surface area (TPSA) is 48.1 Å². The van der Waals surface area contributed by atoms with Gasteiger partial charge in [0.15, 0.2) is 0 Å². The smallest absolute Gasteiger partial charge is 0.270 e. The molecule has 0 unspecified atom stereocenters. The van der Waals surface area contributed by atoms with Gasteiger partial charge in [-0.3, -0.25) is 10.1 Å². The van der Waals surface area contributed by atoms with Crippen molar-refractivity contribution >= 4 is 16.6 Å². The zero-order valence-electron chi connectivity index (χ0n) is 10.8. The number of nitrogens with zero attached hydrogens (tertiary/aromatic N) is 2. The maximum absolute atomic E-state index is 10.7. The molecule has 1 heterocycles. The van der Waals surface area contributed by atoms with Crippen LogP contribution < -0.4 is 0 Å². The highest BCUT2D eigenvalue weighted by atomic mass is 16.6. The molecule has 0 radical (unpaired) electrons. The molecule has 4 nitrogen and oxygen atoms in total. The summed E-state index contributed by atoms with van der Waals surface area (Å²) in [5, 5.41) is 11.6. The van der Waals surface area contributed by atoms with E-state index in [1.807, 2.05) is 18.3 Å². The Hall–Kier alpha value is -1.84. The van der Waals surface area contributed by atoms with Crippen LogP contribution in [0.2, 0.25) is 0 Å². The summed E-state index contributed by atoms with van der Waals surface area (Å²) in [6.07, 6.45) is 4.35. The summed E-state index contributed by atoms with van der Waals surface area (Å²) in [4.78, 5) is 10.3. The number of non-ortho nitro benzene ring substituents is 1. The number of hydrogen-bond acceptors (Lipinski definition) is 2. The van der Waals surface area contributed by atoms with Crippen LogP contribution in [0, 0.1) is 16.0 Å². The van der Waals surface area contributed by atoms with Crippen LogP contribution in [-0.4, -0.2) is 9.49 Å². The summed E-state index contributed by atoms with van der Waals surface area (Å²) in [7, 11) is 0. The van der Waals surface area contributed by atoms with Gasteiger partial charge in [0.2, 0.25) is 0 Å². The fourth-order valence-corrected chi connectivity index (χ4v) is 2.17. The zero-order valence-corrected chi connectivity index (χ0v) is 10.8. The minimum Gasteiger partial charge on any atom is -0.347 e. The maximum Gasteiger partial charge on any atom is 0.270 e. The highest BCUT2D eigenvalue weighted by molar-refractivity contribution is 5.82. The van der Waals surface area contributed by atoms with Gasteiger partial charge in [0, 0.05) is 35.8 Å². The molecule has 0 saturated heterocycles. The summed E-state index contributed by atoms with van der Waals surface area (Å²) >= 11 is 0. The summed E-state index contributed by atoms with van der Waals surface area (Å²) in [6.45, 7) is 5.41. The molecule has 1 aromatic carbocycles. The molecule has 0 spiro atoms. The molecular weight excluding hydrogens is 228 g/mol. The van der Waals surface area contributed by atoms with Gasteiger partial charge in [-0.1, -0.05) is 13.8 Å². The number of hydrogen-bond donors (Lipinski definition) is 0. The van der Waals surface area contributed by atoms with Crippen molar-refractivity contribution in [1.29, 1.82) is 0 Å². The van der Waals surface area contributed by atoms with Gasteiger partial charge in [0.1, 0.15) is 0 Å². The second-order valence-corrected chi connectivity index (χ2v) is 5.05. The van der Waals surface area contributed by atoms with Crippen LogP contribution in [0.4, 0.5) is 5.69 Å². The Bertz CT molecular complexity index is 558. The van der Waals surface area contributed by atoms with Crippen molar-refractivity contribution in [3.63, 3.8) is 0 Å². The van der Waals surface area contributed by atoms with Crippen LogP contribution in [-0.2, 0) is 6.54 Å². The van der Waals surface area contributed by atoms with E-state index >= 15 is 0 Å². The van der Waals surface area contributed by atoms with Crippen molar-refractivity contribution < 1.29 is 4.92 Å². The monoisotopic (exact) mass is 246 g/mol. The molecular formula is C14H18N2O2. The molecule has 96 valence electrons. The van der Waals surface area contributed by atoms with E-state index in [-0.39, 0.29) is 10.6 Å².